The zero-order chi connectivity index (χ0) is 18.2. The zero-order valence-electron chi connectivity index (χ0n) is 14.6. The van der Waals surface area contributed by atoms with Gasteiger partial charge in [0.25, 0.3) is 5.91 Å². The molecule has 2 aliphatic heterocycles. The molecule has 1 fully saturated rings. The molecule has 25 heavy (non-hydrogen) atoms. The molecule has 1 saturated heterocycles. The lowest BCUT2D eigenvalue weighted by molar-refractivity contribution is 0.0936. The van der Waals surface area contributed by atoms with Crippen molar-refractivity contribution >= 4 is 15.9 Å². The molecule has 138 valence electrons. The van der Waals surface area contributed by atoms with E-state index in [1.807, 2.05) is 6.92 Å². The normalized spacial score (nSPS) is 23.3. The Kier molecular flexibility index (Phi) is 5.04. The van der Waals surface area contributed by atoms with E-state index in [0.29, 0.717) is 30.3 Å². The van der Waals surface area contributed by atoms with E-state index in [9.17, 15) is 13.2 Å². The molecular formula is C17H25N3O4S. The maximum Gasteiger partial charge on any atom is 0.255 e. The molecular weight excluding hydrogens is 342 g/mol. The summed E-state index contributed by atoms with van der Waals surface area (Å²) in [6.45, 7) is 6.54. The summed E-state index contributed by atoms with van der Waals surface area (Å²) in [5.74, 6) is 0.148. The van der Waals surface area contributed by atoms with Crippen molar-refractivity contribution < 1.29 is 17.9 Å². The Bertz CT molecular complexity index is 778. The molecule has 7 nitrogen and oxygen atoms in total. The number of carbonyl (C=O) groups excluding carboxylic acids is 1. The van der Waals surface area contributed by atoms with Crippen LogP contribution in [0.15, 0.2) is 17.0 Å². The van der Waals surface area contributed by atoms with E-state index in [-0.39, 0.29) is 22.5 Å². The van der Waals surface area contributed by atoms with Gasteiger partial charge in [-0.2, -0.15) is 0 Å². The molecule has 3 N–H and O–H groups in total. The van der Waals surface area contributed by atoms with Crippen molar-refractivity contribution in [2.24, 2.45) is 5.14 Å². The van der Waals surface area contributed by atoms with Gasteiger partial charge in [0.05, 0.1) is 10.5 Å². The molecule has 0 radical (unpaired) electrons. The Morgan fingerprint density at radius 1 is 1.44 bits per heavy atom. The van der Waals surface area contributed by atoms with Gasteiger partial charge in [-0.05, 0) is 50.6 Å². The number of sulfonamides is 1. The van der Waals surface area contributed by atoms with Crippen LogP contribution in [0.3, 0.4) is 0 Å². The van der Waals surface area contributed by atoms with Crippen LogP contribution in [0, 0.1) is 0 Å². The van der Waals surface area contributed by atoms with Crippen LogP contribution in [0.1, 0.15) is 42.6 Å². The lowest BCUT2D eigenvalue weighted by Crippen LogP contribution is -2.40. The summed E-state index contributed by atoms with van der Waals surface area (Å²) in [5, 5.41) is 8.19. The number of nitrogens with two attached hydrogens (primary N) is 1. The minimum absolute atomic E-state index is 0.0508. The van der Waals surface area contributed by atoms with Gasteiger partial charge in [0.15, 0.2) is 0 Å². The summed E-state index contributed by atoms with van der Waals surface area (Å²) in [4.78, 5) is 15.0. The number of carbonyl (C=O) groups is 1. The average molecular weight is 367 g/mol. The molecule has 2 heterocycles. The molecule has 0 saturated carbocycles. The first-order valence-electron chi connectivity index (χ1n) is 8.68. The molecule has 0 unspecified atom stereocenters. The van der Waals surface area contributed by atoms with Gasteiger partial charge in [-0.15, -0.1) is 0 Å². The van der Waals surface area contributed by atoms with Crippen LogP contribution in [0.4, 0.5) is 0 Å². The fourth-order valence-corrected chi connectivity index (χ4v) is 4.27. The number of likely N-dealkylation sites (N-methyl/N-ethyl adjacent to an activating group) is 1. The van der Waals surface area contributed by atoms with Gasteiger partial charge in [0.1, 0.15) is 11.9 Å². The van der Waals surface area contributed by atoms with Gasteiger partial charge < -0.3 is 10.1 Å². The van der Waals surface area contributed by atoms with E-state index in [1.165, 1.54) is 12.1 Å². The van der Waals surface area contributed by atoms with Gasteiger partial charge >= 0.3 is 0 Å². The van der Waals surface area contributed by atoms with Crippen LogP contribution in [0.25, 0.3) is 0 Å². The molecule has 0 bridgehead atoms. The lowest BCUT2D eigenvalue weighted by Gasteiger charge is -2.23. The Labute approximate surface area is 148 Å². The molecule has 1 aromatic rings. The molecule has 0 aromatic heterocycles. The highest BCUT2D eigenvalue weighted by Crippen LogP contribution is 2.35. The molecule has 3 rings (SSSR count). The predicted molar refractivity (Wildman–Crippen MR) is 94.2 cm³/mol. The van der Waals surface area contributed by atoms with Gasteiger partial charge in [-0.25, -0.2) is 13.6 Å². The molecule has 8 heteroatoms. The van der Waals surface area contributed by atoms with Crippen molar-refractivity contribution in [2.45, 2.75) is 50.2 Å². The van der Waals surface area contributed by atoms with Gasteiger partial charge in [0.2, 0.25) is 10.0 Å². The fraction of sp³-hybridized carbons (Fsp3) is 0.588. The van der Waals surface area contributed by atoms with Crippen LogP contribution in [0.2, 0.25) is 0 Å². The van der Waals surface area contributed by atoms with Crippen LogP contribution >= 0.6 is 0 Å². The van der Waals surface area contributed by atoms with Crippen molar-refractivity contribution in [3.05, 3.63) is 23.3 Å². The number of primary sulfonamides is 1. The zero-order valence-corrected chi connectivity index (χ0v) is 15.4. The van der Waals surface area contributed by atoms with Crippen LogP contribution in [0.5, 0.6) is 5.75 Å². The average Bonchev–Trinajstić information content (AvgIpc) is 3.15. The maximum absolute atomic E-state index is 12.7. The summed E-state index contributed by atoms with van der Waals surface area (Å²) in [6, 6.07) is 3.14. The number of nitrogens with zero attached hydrogens (tertiary/aromatic N) is 1. The number of ether oxygens (including phenoxy) is 1. The fourth-order valence-electron chi connectivity index (χ4n) is 3.68. The van der Waals surface area contributed by atoms with E-state index in [1.54, 1.807) is 0 Å². The predicted octanol–water partition coefficient (Wildman–Crippen LogP) is 0.872. The standard InChI is InChI=1S/C17H25N3O4S/c1-3-20-6-4-5-13(20)10-19-17(21)15-9-14(25(18,22)23)8-12-7-11(2)24-16(12)15/h8-9,11,13H,3-7,10H2,1-2H3,(H,19,21)(H2,18,22,23)/t11-,13-/m0/s1. The second-order valence-electron chi connectivity index (χ2n) is 6.77. The first-order valence-corrected chi connectivity index (χ1v) is 10.2. The number of nitrogens with one attached hydrogen (secondary N) is 1. The van der Waals surface area contributed by atoms with Crippen molar-refractivity contribution in [1.29, 1.82) is 0 Å². The van der Waals surface area contributed by atoms with Gasteiger partial charge in [0, 0.05) is 19.0 Å². The minimum atomic E-state index is -3.89. The summed E-state index contributed by atoms with van der Waals surface area (Å²) in [6.07, 6.45) is 2.65. The van der Waals surface area contributed by atoms with E-state index in [4.69, 9.17) is 9.88 Å². The molecule has 0 spiro atoms. The third-order valence-corrected chi connectivity index (χ3v) is 5.84. The summed E-state index contributed by atoms with van der Waals surface area (Å²) in [7, 11) is -3.89. The minimum Gasteiger partial charge on any atom is -0.489 e. The summed E-state index contributed by atoms with van der Waals surface area (Å²) >= 11 is 0. The smallest absolute Gasteiger partial charge is 0.255 e. The second kappa shape index (κ2) is 6.93. The number of fused-ring (bicyclic) bond motifs is 1. The molecule has 0 aliphatic carbocycles. The van der Waals surface area contributed by atoms with Gasteiger partial charge in [-0.1, -0.05) is 6.92 Å². The maximum atomic E-state index is 12.7. The van der Waals surface area contributed by atoms with E-state index in [2.05, 4.69) is 17.1 Å². The Hall–Kier alpha value is -1.64. The number of likely N-dealkylation sites (tertiary alicyclic amines) is 1. The monoisotopic (exact) mass is 367 g/mol. The number of hydrogen-bond donors (Lipinski definition) is 2. The first kappa shape index (κ1) is 18.2. The summed E-state index contributed by atoms with van der Waals surface area (Å²) < 4.78 is 29.2. The highest BCUT2D eigenvalue weighted by Gasteiger charge is 2.29. The van der Waals surface area contributed by atoms with Crippen molar-refractivity contribution in [1.82, 2.24) is 10.2 Å². The topological polar surface area (TPSA) is 102 Å². The van der Waals surface area contributed by atoms with Crippen LogP contribution < -0.4 is 15.2 Å². The highest BCUT2D eigenvalue weighted by atomic mass is 32.2. The quantitative estimate of drug-likeness (QED) is 0.804. The molecule has 1 aromatic carbocycles. The third-order valence-electron chi connectivity index (χ3n) is 4.94. The van der Waals surface area contributed by atoms with E-state index < -0.39 is 10.0 Å². The Morgan fingerprint density at radius 3 is 2.88 bits per heavy atom. The Morgan fingerprint density at radius 2 is 2.20 bits per heavy atom. The first-order chi connectivity index (χ1) is 11.8. The SMILES string of the molecule is CCN1CCC[C@H]1CNC(=O)c1cc(S(N)(=O)=O)cc2c1O[C@@H](C)C2. The third kappa shape index (κ3) is 3.80. The lowest BCUT2D eigenvalue weighted by atomic mass is 10.1. The van der Waals surface area contributed by atoms with Crippen molar-refractivity contribution in [3.8, 4) is 5.75 Å². The number of hydrogen-bond acceptors (Lipinski definition) is 5. The van der Waals surface area contributed by atoms with Gasteiger partial charge in [-0.3, -0.25) is 9.69 Å². The molecule has 2 aliphatic rings. The van der Waals surface area contributed by atoms with Crippen LogP contribution in [-0.2, 0) is 16.4 Å². The Balaban J connectivity index is 1.83. The van der Waals surface area contributed by atoms with Crippen molar-refractivity contribution in [2.75, 3.05) is 19.6 Å². The number of amides is 1. The highest BCUT2D eigenvalue weighted by molar-refractivity contribution is 7.89. The second-order valence-corrected chi connectivity index (χ2v) is 8.33. The molecule has 1 amide bonds. The number of rotatable bonds is 5. The van der Waals surface area contributed by atoms with E-state index >= 15 is 0 Å². The van der Waals surface area contributed by atoms with Crippen LogP contribution in [-0.4, -0.2) is 51.0 Å². The van der Waals surface area contributed by atoms with Crippen molar-refractivity contribution in [3.63, 3.8) is 0 Å². The summed E-state index contributed by atoms with van der Waals surface area (Å²) in [5.41, 5.74) is 0.951. The van der Waals surface area contributed by atoms with E-state index in [0.717, 1.165) is 25.9 Å². The number of benzene rings is 1. The largest absolute Gasteiger partial charge is 0.489 e. The molecule has 2 atom stereocenters.